The first-order chi connectivity index (χ1) is 11.1. The molecule has 1 atom stereocenters. The van der Waals surface area contributed by atoms with Crippen molar-refractivity contribution in [2.75, 3.05) is 18.4 Å². The fourth-order valence-electron chi connectivity index (χ4n) is 3.10. The summed E-state index contributed by atoms with van der Waals surface area (Å²) in [6, 6.07) is 14.2. The highest BCUT2D eigenvalue weighted by molar-refractivity contribution is 5.95. The molecule has 1 unspecified atom stereocenters. The number of anilines is 1. The standard InChI is InChI=1S/C19H21FN2O/c1-14-13-16(9-10-17(14)20)21-19(23)18(22-11-5-6-12-22)15-7-3-2-4-8-15/h2-4,7-10,13,18H,5-6,11-12H2,1H3,(H,21,23). The molecule has 0 aliphatic carbocycles. The van der Waals surface area contributed by atoms with Gasteiger partial charge >= 0.3 is 0 Å². The minimum Gasteiger partial charge on any atom is -0.324 e. The molecule has 3 nitrogen and oxygen atoms in total. The van der Waals surface area contributed by atoms with E-state index >= 15 is 0 Å². The fourth-order valence-corrected chi connectivity index (χ4v) is 3.10. The minimum atomic E-state index is -0.302. The van der Waals surface area contributed by atoms with Crippen LogP contribution in [-0.4, -0.2) is 23.9 Å². The van der Waals surface area contributed by atoms with E-state index < -0.39 is 0 Å². The Morgan fingerprint density at radius 1 is 1.13 bits per heavy atom. The fraction of sp³-hybridized carbons (Fsp3) is 0.316. The number of halogens is 1. The van der Waals surface area contributed by atoms with Gasteiger partial charge in [0.05, 0.1) is 0 Å². The molecular formula is C19H21FN2O. The Bertz CT molecular complexity index is 681. The Balaban J connectivity index is 1.83. The first kappa shape index (κ1) is 15.7. The van der Waals surface area contributed by atoms with Crippen LogP contribution in [0, 0.1) is 12.7 Å². The lowest BCUT2D eigenvalue weighted by atomic mass is 10.0. The smallest absolute Gasteiger partial charge is 0.246 e. The van der Waals surface area contributed by atoms with Crippen LogP contribution in [0.3, 0.4) is 0 Å². The van der Waals surface area contributed by atoms with Crippen molar-refractivity contribution in [1.29, 1.82) is 0 Å². The molecule has 0 saturated carbocycles. The maximum atomic E-state index is 13.4. The van der Waals surface area contributed by atoms with Gasteiger partial charge in [-0.15, -0.1) is 0 Å². The van der Waals surface area contributed by atoms with Gasteiger partial charge in [0.1, 0.15) is 11.9 Å². The van der Waals surface area contributed by atoms with Gasteiger partial charge in [-0.3, -0.25) is 9.69 Å². The maximum Gasteiger partial charge on any atom is 0.246 e. The highest BCUT2D eigenvalue weighted by Gasteiger charge is 2.29. The third-order valence-corrected chi connectivity index (χ3v) is 4.29. The van der Waals surface area contributed by atoms with E-state index in [0.717, 1.165) is 31.5 Å². The molecular weight excluding hydrogens is 291 g/mol. The Morgan fingerprint density at radius 3 is 2.48 bits per heavy atom. The number of hydrogen-bond acceptors (Lipinski definition) is 2. The summed E-state index contributed by atoms with van der Waals surface area (Å²) >= 11 is 0. The number of rotatable bonds is 4. The molecule has 3 rings (SSSR count). The average molecular weight is 312 g/mol. The molecule has 1 amide bonds. The first-order valence-corrected chi connectivity index (χ1v) is 8.01. The number of nitrogens with one attached hydrogen (secondary N) is 1. The Hall–Kier alpha value is -2.20. The number of carbonyl (C=O) groups is 1. The lowest BCUT2D eigenvalue weighted by Gasteiger charge is -2.27. The zero-order chi connectivity index (χ0) is 16.2. The van der Waals surface area contributed by atoms with E-state index in [1.54, 1.807) is 19.1 Å². The van der Waals surface area contributed by atoms with E-state index in [-0.39, 0.29) is 17.8 Å². The summed E-state index contributed by atoms with van der Waals surface area (Å²) in [5.41, 5.74) is 2.15. The molecule has 0 radical (unpaired) electrons. The van der Waals surface area contributed by atoms with Gasteiger partial charge in [-0.1, -0.05) is 30.3 Å². The number of hydrogen-bond donors (Lipinski definition) is 1. The largest absolute Gasteiger partial charge is 0.324 e. The van der Waals surface area contributed by atoms with Gasteiger partial charge in [0.2, 0.25) is 5.91 Å². The first-order valence-electron chi connectivity index (χ1n) is 8.01. The van der Waals surface area contributed by atoms with Crippen LogP contribution in [0.5, 0.6) is 0 Å². The van der Waals surface area contributed by atoms with Crippen molar-refractivity contribution in [3.8, 4) is 0 Å². The Labute approximate surface area is 136 Å². The third kappa shape index (κ3) is 3.59. The van der Waals surface area contributed by atoms with Gasteiger partial charge in [0, 0.05) is 5.69 Å². The number of likely N-dealkylation sites (tertiary alicyclic amines) is 1. The molecule has 2 aromatic rings. The topological polar surface area (TPSA) is 32.3 Å². The Kier molecular flexibility index (Phi) is 4.72. The van der Waals surface area contributed by atoms with Crippen molar-refractivity contribution in [3.63, 3.8) is 0 Å². The van der Waals surface area contributed by atoms with Crippen LogP contribution < -0.4 is 5.32 Å². The zero-order valence-corrected chi connectivity index (χ0v) is 13.3. The van der Waals surface area contributed by atoms with Crippen LogP contribution in [-0.2, 0) is 4.79 Å². The van der Waals surface area contributed by atoms with Gasteiger partial charge in [-0.05, 0) is 62.2 Å². The lowest BCUT2D eigenvalue weighted by molar-refractivity contribution is -0.121. The van der Waals surface area contributed by atoms with E-state index in [9.17, 15) is 9.18 Å². The van der Waals surface area contributed by atoms with Gasteiger partial charge in [-0.2, -0.15) is 0 Å². The van der Waals surface area contributed by atoms with E-state index in [0.29, 0.717) is 11.3 Å². The second kappa shape index (κ2) is 6.92. The normalized spacial score (nSPS) is 16.3. The van der Waals surface area contributed by atoms with E-state index in [1.807, 2.05) is 30.3 Å². The van der Waals surface area contributed by atoms with Crippen molar-refractivity contribution in [2.24, 2.45) is 0 Å². The number of nitrogens with zero attached hydrogens (tertiary/aromatic N) is 1. The molecule has 1 N–H and O–H groups in total. The summed E-state index contributed by atoms with van der Waals surface area (Å²) in [5.74, 6) is -0.328. The monoisotopic (exact) mass is 312 g/mol. The molecule has 23 heavy (non-hydrogen) atoms. The van der Waals surface area contributed by atoms with Gasteiger partial charge < -0.3 is 5.32 Å². The van der Waals surface area contributed by atoms with Crippen LogP contribution in [0.25, 0.3) is 0 Å². The van der Waals surface area contributed by atoms with Crippen molar-refractivity contribution >= 4 is 11.6 Å². The maximum absolute atomic E-state index is 13.4. The van der Waals surface area contributed by atoms with Crippen LogP contribution in [0.4, 0.5) is 10.1 Å². The van der Waals surface area contributed by atoms with E-state index in [2.05, 4.69) is 10.2 Å². The van der Waals surface area contributed by atoms with Crippen molar-refractivity contribution in [2.45, 2.75) is 25.8 Å². The summed E-state index contributed by atoms with van der Waals surface area (Å²) in [7, 11) is 0. The highest BCUT2D eigenvalue weighted by Crippen LogP contribution is 2.27. The number of benzene rings is 2. The summed E-state index contributed by atoms with van der Waals surface area (Å²) in [4.78, 5) is 15.1. The molecule has 1 heterocycles. The summed E-state index contributed by atoms with van der Waals surface area (Å²) in [6.07, 6.45) is 2.23. The summed E-state index contributed by atoms with van der Waals surface area (Å²) < 4.78 is 13.4. The third-order valence-electron chi connectivity index (χ3n) is 4.29. The second-order valence-electron chi connectivity index (χ2n) is 6.01. The Morgan fingerprint density at radius 2 is 1.83 bits per heavy atom. The minimum absolute atomic E-state index is 0.0656. The predicted molar refractivity (Wildman–Crippen MR) is 89.8 cm³/mol. The molecule has 1 fully saturated rings. The molecule has 4 heteroatoms. The molecule has 0 spiro atoms. The average Bonchev–Trinajstić information content (AvgIpc) is 3.06. The molecule has 1 saturated heterocycles. The number of aryl methyl sites for hydroxylation is 1. The van der Waals surface area contributed by atoms with Gasteiger partial charge in [0.15, 0.2) is 0 Å². The molecule has 120 valence electrons. The van der Waals surface area contributed by atoms with Crippen LogP contribution in [0.15, 0.2) is 48.5 Å². The SMILES string of the molecule is Cc1cc(NC(=O)C(c2ccccc2)N2CCCC2)ccc1F. The molecule has 1 aliphatic heterocycles. The summed E-state index contributed by atoms with van der Waals surface area (Å²) in [6.45, 7) is 3.55. The van der Waals surface area contributed by atoms with E-state index in [1.165, 1.54) is 6.07 Å². The highest BCUT2D eigenvalue weighted by atomic mass is 19.1. The molecule has 0 aromatic heterocycles. The van der Waals surface area contributed by atoms with Crippen molar-refractivity contribution in [3.05, 3.63) is 65.5 Å². The quantitative estimate of drug-likeness (QED) is 0.928. The van der Waals surface area contributed by atoms with Crippen LogP contribution in [0.1, 0.15) is 30.0 Å². The van der Waals surface area contributed by atoms with Gasteiger partial charge in [0.25, 0.3) is 0 Å². The summed E-state index contributed by atoms with van der Waals surface area (Å²) in [5, 5.41) is 2.94. The van der Waals surface area contributed by atoms with Crippen LogP contribution in [0.2, 0.25) is 0 Å². The molecule has 0 bridgehead atoms. The number of carbonyl (C=O) groups excluding carboxylic acids is 1. The van der Waals surface area contributed by atoms with Crippen molar-refractivity contribution < 1.29 is 9.18 Å². The molecule has 1 aliphatic rings. The lowest BCUT2D eigenvalue weighted by Crippen LogP contribution is -2.35. The predicted octanol–water partition coefficient (Wildman–Crippen LogP) is 3.91. The number of amides is 1. The van der Waals surface area contributed by atoms with Crippen LogP contribution >= 0.6 is 0 Å². The van der Waals surface area contributed by atoms with Crippen molar-refractivity contribution in [1.82, 2.24) is 4.90 Å². The molecule has 2 aromatic carbocycles. The van der Waals surface area contributed by atoms with E-state index in [4.69, 9.17) is 0 Å². The van der Waals surface area contributed by atoms with Gasteiger partial charge in [-0.25, -0.2) is 4.39 Å². The second-order valence-corrected chi connectivity index (χ2v) is 6.01. The zero-order valence-electron chi connectivity index (χ0n) is 13.3.